The van der Waals surface area contributed by atoms with Crippen molar-refractivity contribution >= 4 is 17.3 Å². The van der Waals surface area contributed by atoms with Crippen LogP contribution in [-0.2, 0) is 4.79 Å². The summed E-state index contributed by atoms with van der Waals surface area (Å²) >= 11 is 0. The predicted molar refractivity (Wildman–Crippen MR) is 52.6 cm³/mol. The maximum atomic E-state index is 11.6. The number of amides is 1. The van der Waals surface area contributed by atoms with Gasteiger partial charge in [-0.1, -0.05) is 23.4 Å². The van der Waals surface area contributed by atoms with Crippen LogP contribution in [0.15, 0.2) is 35.5 Å². The SMILES string of the molecule is O=C1/C(=N\O)CCN1c1ccccc1. The fourth-order valence-electron chi connectivity index (χ4n) is 1.53. The summed E-state index contributed by atoms with van der Waals surface area (Å²) in [7, 11) is 0. The van der Waals surface area contributed by atoms with Crippen LogP contribution in [0.1, 0.15) is 6.42 Å². The largest absolute Gasteiger partial charge is 0.410 e. The normalized spacial score (nSPS) is 19.3. The van der Waals surface area contributed by atoms with Crippen molar-refractivity contribution in [3.05, 3.63) is 30.3 Å². The molecule has 0 aliphatic carbocycles. The molecule has 0 atom stereocenters. The van der Waals surface area contributed by atoms with Crippen molar-refractivity contribution in [2.75, 3.05) is 11.4 Å². The molecule has 1 aromatic rings. The number of oxime groups is 1. The summed E-state index contributed by atoms with van der Waals surface area (Å²) in [4.78, 5) is 13.2. The molecule has 0 radical (unpaired) electrons. The van der Waals surface area contributed by atoms with Gasteiger partial charge in [0.25, 0.3) is 5.91 Å². The Bertz CT molecular complexity index is 373. The minimum atomic E-state index is -0.210. The first-order chi connectivity index (χ1) is 6.83. The van der Waals surface area contributed by atoms with Crippen molar-refractivity contribution in [1.29, 1.82) is 0 Å². The van der Waals surface area contributed by atoms with E-state index in [2.05, 4.69) is 5.16 Å². The number of hydrogen-bond donors (Lipinski definition) is 1. The molecule has 0 bridgehead atoms. The van der Waals surface area contributed by atoms with Crippen LogP contribution in [0, 0.1) is 0 Å². The Hall–Kier alpha value is -1.84. The van der Waals surface area contributed by atoms with Crippen molar-refractivity contribution in [2.24, 2.45) is 5.16 Å². The molecular formula is C10H10N2O2. The van der Waals surface area contributed by atoms with E-state index in [0.717, 1.165) is 5.69 Å². The molecule has 1 N–H and O–H groups in total. The van der Waals surface area contributed by atoms with Gasteiger partial charge in [0.2, 0.25) is 0 Å². The zero-order valence-corrected chi connectivity index (χ0v) is 7.55. The topological polar surface area (TPSA) is 52.9 Å². The molecule has 1 saturated heterocycles. The lowest BCUT2D eigenvalue weighted by molar-refractivity contribution is -0.112. The van der Waals surface area contributed by atoms with Crippen molar-refractivity contribution in [3.63, 3.8) is 0 Å². The Labute approximate surface area is 81.5 Å². The number of hydrogen-bond acceptors (Lipinski definition) is 3. The Kier molecular flexibility index (Phi) is 2.18. The van der Waals surface area contributed by atoms with E-state index in [0.29, 0.717) is 13.0 Å². The molecule has 1 heterocycles. The second-order valence-electron chi connectivity index (χ2n) is 3.09. The number of carbonyl (C=O) groups is 1. The molecule has 1 aromatic carbocycles. The fraction of sp³-hybridized carbons (Fsp3) is 0.200. The van der Waals surface area contributed by atoms with Gasteiger partial charge < -0.3 is 10.1 Å². The Morgan fingerprint density at radius 3 is 2.57 bits per heavy atom. The van der Waals surface area contributed by atoms with E-state index in [4.69, 9.17) is 5.21 Å². The zero-order valence-electron chi connectivity index (χ0n) is 7.55. The minimum absolute atomic E-state index is 0.210. The standard InChI is InChI=1S/C10H10N2O2/c13-10-9(11-14)6-7-12(10)8-4-2-1-3-5-8/h1-5,14H,6-7H2/b11-9-. The number of carbonyl (C=O) groups excluding carboxylic acids is 1. The van der Waals surface area contributed by atoms with Gasteiger partial charge in [-0.25, -0.2) is 0 Å². The minimum Gasteiger partial charge on any atom is -0.410 e. The predicted octanol–water partition coefficient (Wildman–Crippen LogP) is 1.25. The number of para-hydroxylation sites is 1. The first-order valence-electron chi connectivity index (χ1n) is 4.41. The molecule has 2 rings (SSSR count). The summed E-state index contributed by atoms with van der Waals surface area (Å²) in [6, 6.07) is 9.36. The fourth-order valence-corrected chi connectivity index (χ4v) is 1.53. The van der Waals surface area contributed by atoms with Gasteiger partial charge in [-0.2, -0.15) is 0 Å². The van der Waals surface area contributed by atoms with Gasteiger partial charge in [0.1, 0.15) is 5.71 Å². The maximum Gasteiger partial charge on any atom is 0.276 e. The third-order valence-corrected chi connectivity index (χ3v) is 2.25. The summed E-state index contributed by atoms with van der Waals surface area (Å²) in [5.41, 5.74) is 1.07. The number of anilines is 1. The van der Waals surface area contributed by atoms with Gasteiger partial charge in [0, 0.05) is 18.7 Å². The molecule has 1 aliphatic heterocycles. The van der Waals surface area contributed by atoms with Gasteiger partial charge in [0.15, 0.2) is 0 Å². The lowest BCUT2D eigenvalue weighted by Gasteiger charge is -2.13. The molecular weight excluding hydrogens is 180 g/mol. The molecule has 1 aliphatic rings. The highest BCUT2D eigenvalue weighted by Crippen LogP contribution is 2.19. The van der Waals surface area contributed by atoms with E-state index >= 15 is 0 Å². The van der Waals surface area contributed by atoms with Crippen LogP contribution in [0.2, 0.25) is 0 Å². The van der Waals surface area contributed by atoms with Gasteiger partial charge >= 0.3 is 0 Å². The van der Waals surface area contributed by atoms with Crippen molar-refractivity contribution in [1.82, 2.24) is 0 Å². The summed E-state index contributed by atoms with van der Waals surface area (Å²) in [5.74, 6) is -0.210. The summed E-state index contributed by atoms with van der Waals surface area (Å²) < 4.78 is 0. The quantitative estimate of drug-likeness (QED) is 0.535. The highest BCUT2D eigenvalue weighted by atomic mass is 16.4. The Balaban J connectivity index is 2.27. The average molecular weight is 190 g/mol. The third kappa shape index (κ3) is 1.35. The smallest absolute Gasteiger partial charge is 0.276 e. The maximum absolute atomic E-state index is 11.6. The Morgan fingerprint density at radius 1 is 1.29 bits per heavy atom. The molecule has 1 fully saturated rings. The first-order valence-corrected chi connectivity index (χ1v) is 4.41. The monoisotopic (exact) mass is 190 g/mol. The molecule has 14 heavy (non-hydrogen) atoms. The van der Waals surface area contributed by atoms with Crippen LogP contribution in [0.4, 0.5) is 5.69 Å². The summed E-state index contributed by atoms with van der Waals surface area (Å²) in [5, 5.41) is 11.5. The third-order valence-electron chi connectivity index (χ3n) is 2.25. The van der Waals surface area contributed by atoms with Crippen molar-refractivity contribution < 1.29 is 10.0 Å². The Morgan fingerprint density at radius 2 is 2.00 bits per heavy atom. The van der Waals surface area contributed by atoms with E-state index in [1.54, 1.807) is 4.90 Å². The number of benzene rings is 1. The van der Waals surface area contributed by atoms with Gasteiger partial charge in [-0.15, -0.1) is 0 Å². The molecule has 72 valence electrons. The lowest BCUT2D eigenvalue weighted by atomic mass is 10.3. The second-order valence-corrected chi connectivity index (χ2v) is 3.09. The molecule has 0 aromatic heterocycles. The van der Waals surface area contributed by atoms with E-state index < -0.39 is 0 Å². The molecule has 4 nitrogen and oxygen atoms in total. The van der Waals surface area contributed by atoms with Gasteiger partial charge in [-0.05, 0) is 12.1 Å². The van der Waals surface area contributed by atoms with E-state index in [9.17, 15) is 4.79 Å². The first kappa shape index (κ1) is 8.74. The summed E-state index contributed by atoms with van der Waals surface area (Å²) in [6.45, 7) is 0.586. The van der Waals surface area contributed by atoms with Crippen molar-refractivity contribution in [2.45, 2.75) is 6.42 Å². The van der Waals surface area contributed by atoms with Gasteiger partial charge in [0.05, 0.1) is 0 Å². The van der Waals surface area contributed by atoms with Gasteiger partial charge in [-0.3, -0.25) is 4.79 Å². The number of nitrogens with zero attached hydrogens (tertiary/aromatic N) is 2. The second kappa shape index (κ2) is 3.49. The number of rotatable bonds is 1. The molecule has 4 heteroatoms. The highest BCUT2D eigenvalue weighted by molar-refractivity contribution is 6.45. The molecule has 1 amide bonds. The van der Waals surface area contributed by atoms with Crippen LogP contribution < -0.4 is 4.90 Å². The van der Waals surface area contributed by atoms with E-state index in [1.807, 2.05) is 30.3 Å². The van der Waals surface area contributed by atoms with Crippen LogP contribution in [-0.4, -0.2) is 23.4 Å². The van der Waals surface area contributed by atoms with Crippen LogP contribution in [0.25, 0.3) is 0 Å². The zero-order chi connectivity index (χ0) is 9.97. The van der Waals surface area contributed by atoms with Crippen molar-refractivity contribution in [3.8, 4) is 0 Å². The van der Waals surface area contributed by atoms with E-state index in [-0.39, 0.29) is 11.6 Å². The molecule has 0 unspecified atom stereocenters. The summed E-state index contributed by atoms with van der Waals surface area (Å²) in [6.07, 6.45) is 0.504. The average Bonchev–Trinajstić information content (AvgIpc) is 2.61. The molecule has 0 saturated carbocycles. The lowest BCUT2D eigenvalue weighted by Crippen LogP contribution is -2.26. The highest BCUT2D eigenvalue weighted by Gasteiger charge is 2.28. The van der Waals surface area contributed by atoms with E-state index in [1.165, 1.54) is 0 Å². The van der Waals surface area contributed by atoms with Crippen LogP contribution in [0.5, 0.6) is 0 Å². The van der Waals surface area contributed by atoms with Crippen LogP contribution in [0.3, 0.4) is 0 Å². The molecule has 0 spiro atoms. The van der Waals surface area contributed by atoms with Crippen LogP contribution >= 0.6 is 0 Å².